The first-order chi connectivity index (χ1) is 7.77. The number of carbonyl (C=O) groups excluding carboxylic acids is 1. The summed E-state index contributed by atoms with van der Waals surface area (Å²) in [5, 5.41) is 5.99. The second-order valence-electron chi connectivity index (χ2n) is 3.83. The minimum Gasteiger partial charge on any atom is -0.348 e. The zero-order valence-corrected chi connectivity index (χ0v) is 8.87. The maximum atomic E-state index is 13.3. The predicted octanol–water partition coefficient (Wildman–Crippen LogP) is 0.702. The number of hydrogen-bond acceptors (Lipinski definition) is 3. The zero-order valence-electron chi connectivity index (χ0n) is 8.87. The van der Waals surface area contributed by atoms with E-state index in [2.05, 4.69) is 15.6 Å². The Hall–Kier alpha value is -1.49. The summed E-state index contributed by atoms with van der Waals surface area (Å²) in [5.41, 5.74) is -0.124. The van der Waals surface area contributed by atoms with Gasteiger partial charge in [0, 0.05) is 12.2 Å². The molecule has 0 unspecified atom stereocenters. The Labute approximate surface area is 93.3 Å². The van der Waals surface area contributed by atoms with Gasteiger partial charge in [-0.15, -0.1) is 0 Å². The van der Waals surface area contributed by atoms with Crippen molar-refractivity contribution in [3.05, 3.63) is 29.8 Å². The van der Waals surface area contributed by atoms with Crippen LogP contribution in [0.1, 0.15) is 23.3 Å². The first-order valence-corrected chi connectivity index (χ1v) is 5.39. The van der Waals surface area contributed by atoms with Crippen molar-refractivity contribution in [3.8, 4) is 0 Å². The molecule has 0 bridgehead atoms. The van der Waals surface area contributed by atoms with E-state index < -0.39 is 11.7 Å². The third-order valence-electron chi connectivity index (χ3n) is 2.65. The summed E-state index contributed by atoms with van der Waals surface area (Å²) in [6, 6.07) is 2.83. The van der Waals surface area contributed by atoms with Crippen LogP contribution in [0.2, 0.25) is 0 Å². The van der Waals surface area contributed by atoms with E-state index >= 15 is 0 Å². The molecule has 2 heterocycles. The van der Waals surface area contributed by atoms with Gasteiger partial charge in [-0.05, 0) is 38.1 Å². The molecule has 86 valence electrons. The summed E-state index contributed by atoms with van der Waals surface area (Å²) in [5.74, 6) is -1.00. The summed E-state index contributed by atoms with van der Waals surface area (Å²) in [4.78, 5) is 15.4. The molecule has 1 aliphatic heterocycles. The first kappa shape index (κ1) is 11.0. The van der Waals surface area contributed by atoms with E-state index in [1.807, 2.05) is 0 Å². The van der Waals surface area contributed by atoms with Crippen LogP contribution in [0.4, 0.5) is 4.39 Å². The molecule has 5 heteroatoms. The van der Waals surface area contributed by atoms with Gasteiger partial charge in [0.1, 0.15) is 0 Å². The average Bonchev–Trinajstić information content (AvgIpc) is 2.31. The molecular formula is C11H14FN3O. The van der Waals surface area contributed by atoms with Crippen LogP contribution in [0.15, 0.2) is 18.3 Å². The molecule has 1 aromatic rings. The highest BCUT2D eigenvalue weighted by Gasteiger charge is 2.19. The van der Waals surface area contributed by atoms with Crippen LogP contribution in [0.5, 0.6) is 0 Å². The normalized spacial score (nSPS) is 17.1. The van der Waals surface area contributed by atoms with Crippen LogP contribution < -0.4 is 10.6 Å². The van der Waals surface area contributed by atoms with Gasteiger partial charge in [-0.1, -0.05) is 0 Å². The van der Waals surface area contributed by atoms with Gasteiger partial charge in [0.2, 0.25) is 0 Å². The van der Waals surface area contributed by atoms with Gasteiger partial charge in [0.25, 0.3) is 5.91 Å². The number of carbonyl (C=O) groups is 1. The Balaban J connectivity index is 2.00. The number of amides is 1. The molecule has 1 aromatic heterocycles. The second kappa shape index (κ2) is 5.03. The molecule has 0 radical (unpaired) electrons. The van der Waals surface area contributed by atoms with Gasteiger partial charge in [-0.25, -0.2) is 9.37 Å². The van der Waals surface area contributed by atoms with E-state index in [4.69, 9.17) is 0 Å². The van der Waals surface area contributed by atoms with Crippen molar-refractivity contribution < 1.29 is 9.18 Å². The van der Waals surface area contributed by atoms with E-state index in [0.717, 1.165) is 25.9 Å². The Morgan fingerprint density at radius 3 is 2.94 bits per heavy atom. The molecule has 0 saturated carbocycles. The summed E-state index contributed by atoms with van der Waals surface area (Å²) in [7, 11) is 0. The average molecular weight is 223 g/mol. The molecule has 0 spiro atoms. The maximum Gasteiger partial charge on any atom is 0.273 e. The number of hydrogen-bond donors (Lipinski definition) is 2. The maximum absolute atomic E-state index is 13.3. The lowest BCUT2D eigenvalue weighted by molar-refractivity contribution is 0.0920. The van der Waals surface area contributed by atoms with Crippen LogP contribution in [0, 0.1) is 5.82 Å². The van der Waals surface area contributed by atoms with Crippen molar-refractivity contribution in [2.24, 2.45) is 0 Å². The minimum absolute atomic E-state index is 0.121. The third-order valence-corrected chi connectivity index (χ3v) is 2.65. The molecule has 16 heavy (non-hydrogen) atoms. The monoisotopic (exact) mass is 223 g/mol. The van der Waals surface area contributed by atoms with Crippen LogP contribution in [0.3, 0.4) is 0 Å². The van der Waals surface area contributed by atoms with Crippen molar-refractivity contribution in [2.45, 2.75) is 18.9 Å². The van der Waals surface area contributed by atoms with Crippen molar-refractivity contribution in [3.63, 3.8) is 0 Å². The number of nitrogens with zero attached hydrogens (tertiary/aromatic N) is 1. The molecule has 1 fully saturated rings. The van der Waals surface area contributed by atoms with Crippen molar-refractivity contribution in [1.29, 1.82) is 0 Å². The highest BCUT2D eigenvalue weighted by molar-refractivity contribution is 5.92. The molecule has 0 aromatic carbocycles. The number of halogens is 1. The Kier molecular flexibility index (Phi) is 3.46. The number of rotatable bonds is 2. The van der Waals surface area contributed by atoms with Crippen LogP contribution in [0.25, 0.3) is 0 Å². The molecule has 0 atom stereocenters. The molecule has 1 amide bonds. The molecule has 1 saturated heterocycles. The number of pyridine rings is 1. The second-order valence-corrected chi connectivity index (χ2v) is 3.83. The number of piperidine rings is 1. The van der Waals surface area contributed by atoms with Crippen molar-refractivity contribution in [2.75, 3.05) is 13.1 Å². The van der Waals surface area contributed by atoms with E-state index in [-0.39, 0.29) is 11.7 Å². The molecule has 4 nitrogen and oxygen atoms in total. The quantitative estimate of drug-likeness (QED) is 0.776. The lowest BCUT2D eigenvalue weighted by Crippen LogP contribution is -2.43. The fourth-order valence-corrected chi connectivity index (χ4v) is 1.77. The van der Waals surface area contributed by atoms with Crippen LogP contribution in [-0.4, -0.2) is 30.0 Å². The summed E-state index contributed by atoms with van der Waals surface area (Å²) in [6.45, 7) is 1.77. The number of aromatic nitrogens is 1. The zero-order chi connectivity index (χ0) is 11.4. The van der Waals surface area contributed by atoms with E-state index in [0.29, 0.717) is 0 Å². The lowest BCUT2D eigenvalue weighted by atomic mass is 10.1. The van der Waals surface area contributed by atoms with Gasteiger partial charge in [-0.3, -0.25) is 4.79 Å². The highest BCUT2D eigenvalue weighted by atomic mass is 19.1. The largest absolute Gasteiger partial charge is 0.348 e. The predicted molar refractivity (Wildman–Crippen MR) is 57.6 cm³/mol. The molecule has 2 rings (SSSR count). The molecular weight excluding hydrogens is 209 g/mol. The SMILES string of the molecule is O=C(NC1CCNCC1)c1ncccc1F. The van der Waals surface area contributed by atoms with Crippen LogP contribution >= 0.6 is 0 Å². The van der Waals surface area contributed by atoms with Gasteiger partial charge < -0.3 is 10.6 Å². The van der Waals surface area contributed by atoms with Crippen molar-refractivity contribution >= 4 is 5.91 Å². The highest BCUT2D eigenvalue weighted by Crippen LogP contribution is 2.06. The van der Waals surface area contributed by atoms with Gasteiger partial charge in [0.15, 0.2) is 11.5 Å². The van der Waals surface area contributed by atoms with Gasteiger partial charge >= 0.3 is 0 Å². The molecule has 0 aliphatic carbocycles. The third kappa shape index (κ3) is 2.55. The lowest BCUT2D eigenvalue weighted by Gasteiger charge is -2.23. The fourth-order valence-electron chi connectivity index (χ4n) is 1.77. The first-order valence-electron chi connectivity index (χ1n) is 5.39. The Bertz CT molecular complexity index is 377. The summed E-state index contributed by atoms with van der Waals surface area (Å²) >= 11 is 0. The smallest absolute Gasteiger partial charge is 0.273 e. The van der Waals surface area contributed by atoms with Crippen LogP contribution in [-0.2, 0) is 0 Å². The van der Waals surface area contributed by atoms with E-state index in [1.165, 1.54) is 18.3 Å². The van der Waals surface area contributed by atoms with Gasteiger partial charge in [0.05, 0.1) is 0 Å². The fraction of sp³-hybridized carbons (Fsp3) is 0.455. The standard InChI is InChI=1S/C11H14FN3O/c12-9-2-1-5-14-10(9)11(16)15-8-3-6-13-7-4-8/h1-2,5,8,13H,3-4,6-7H2,(H,15,16). The molecule has 1 aliphatic rings. The molecule has 2 N–H and O–H groups in total. The van der Waals surface area contributed by atoms with E-state index in [9.17, 15) is 9.18 Å². The van der Waals surface area contributed by atoms with Crippen molar-refractivity contribution in [1.82, 2.24) is 15.6 Å². The Morgan fingerprint density at radius 1 is 1.50 bits per heavy atom. The minimum atomic E-state index is -0.575. The number of nitrogens with one attached hydrogen (secondary N) is 2. The van der Waals surface area contributed by atoms with E-state index in [1.54, 1.807) is 0 Å². The van der Waals surface area contributed by atoms with Gasteiger partial charge in [-0.2, -0.15) is 0 Å². The topological polar surface area (TPSA) is 54.0 Å². The Morgan fingerprint density at radius 2 is 2.25 bits per heavy atom. The summed E-state index contributed by atoms with van der Waals surface area (Å²) < 4.78 is 13.3. The summed E-state index contributed by atoms with van der Waals surface area (Å²) in [6.07, 6.45) is 3.17.